The molecule has 0 aliphatic rings. The van der Waals surface area contributed by atoms with Crippen LogP contribution >= 0.6 is 0 Å². The molecule has 1 amide bonds. The summed E-state index contributed by atoms with van der Waals surface area (Å²) in [5.74, 6) is -0.603. The molecule has 0 heterocycles. The Morgan fingerprint density at radius 1 is 1.60 bits per heavy atom. The smallest absolute Gasteiger partial charge is 0.222 e. The molecule has 1 unspecified atom stereocenters. The summed E-state index contributed by atoms with van der Waals surface area (Å²) in [5.41, 5.74) is 6.42. The molecule has 0 spiro atoms. The van der Waals surface area contributed by atoms with Crippen LogP contribution in [0.15, 0.2) is 24.3 Å². The van der Waals surface area contributed by atoms with Crippen molar-refractivity contribution in [3.05, 3.63) is 29.8 Å². The largest absolute Gasteiger partial charge is 0.383 e. The van der Waals surface area contributed by atoms with Gasteiger partial charge in [0, 0.05) is 6.54 Å². The van der Waals surface area contributed by atoms with Gasteiger partial charge in [0.1, 0.15) is 6.07 Å². The summed E-state index contributed by atoms with van der Waals surface area (Å²) in [6.45, 7) is 2.18. The van der Waals surface area contributed by atoms with Gasteiger partial charge in [0.25, 0.3) is 0 Å². The van der Waals surface area contributed by atoms with Gasteiger partial charge in [-0.3, -0.25) is 4.79 Å². The quantitative estimate of drug-likeness (QED) is 0.768. The first kappa shape index (κ1) is 11.1. The molecule has 78 valence electrons. The first-order valence-corrected chi connectivity index (χ1v) is 4.67. The molecule has 0 fully saturated rings. The molecular weight excluding hydrogens is 190 g/mol. The first-order chi connectivity index (χ1) is 7.15. The van der Waals surface area contributed by atoms with E-state index in [0.717, 1.165) is 5.69 Å². The summed E-state index contributed by atoms with van der Waals surface area (Å²) in [6.07, 6.45) is 0. The van der Waals surface area contributed by atoms with E-state index >= 15 is 0 Å². The maximum absolute atomic E-state index is 10.8. The number of nitrogens with two attached hydrogens (primary N) is 1. The van der Waals surface area contributed by atoms with Crippen molar-refractivity contribution in [1.29, 1.82) is 5.26 Å². The van der Waals surface area contributed by atoms with Gasteiger partial charge in [-0.25, -0.2) is 0 Å². The zero-order valence-corrected chi connectivity index (χ0v) is 8.53. The van der Waals surface area contributed by atoms with E-state index in [4.69, 9.17) is 11.0 Å². The lowest BCUT2D eigenvalue weighted by Gasteiger charge is -2.11. The molecule has 1 aromatic rings. The maximum atomic E-state index is 10.8. The van der Waals surface area contributed by atoms with Gasteiger partial charge in [-0.2, -0.15) is 5.26 Å². The molecule has 15 heavy (non-hydrogen) atoms. The molecule has 1 atom stereocenters. The van der Waals surface area contributed by atoms with Gasteiger partial charge in [0.15, 0.2) is 0 Å². The Morgan fingerprint density at radius 3 is 2.87 bits per heavy atom. The van der Waals surface area contributed by atoms with Crippen LogP contribution in [0.4, 0.5) is 5.69 Å². The highest BCUT2D eigenvalue weighted by atomic mass is 16.1. The summed E-state index contributed by atoms with van der Waals surface area (Å²) in [6, 6.07) is 9.21. The van der Waals surface area contributed by atoms with Crippen LogP contribution in [0.2, 0.25) is 0 Å². The molecule has 0 saturated carbocycles. The van der Waals surface area contributed by atoms with E-state index in [9.17, 15) is 4.79 Å². The summed E-state index contributed by atoms with van der Waals surface area (Å²) >= 11 is 0. The second-order valence-electron chi connectivity index (χ2n) is 3.34. The van der Waals surface area contributed by atoms with Gasteiger partial charge in [0.05, 0.1) is 17.2 Å². The maximum Gasteiger partial charge on any atom is 0.222 e. The van der Waals surface area contributed by atoms with Crippen molar-refractivity contribution in [2.24, 2.45) is 11.7 Å². The zero-order chi connectivity index (χ0) is 11.3. The minimum absolute atomic E-state index is 0.253. The van der Waals surface area contributed by atoms with Gasteiger partial charge in [0.2, 0.25) is 5.91 Å². The zero-order valence-electron chi connectivity index (χ0n) is 8.53. The van der Waals surface area contributed by atoms with Crippen molar-refractivity contribution in [1.82, 2.24) is 0 Å². The second kappa shape index (κ2) is 5.01. The predicted octanol–water partition coefficient (Wildman–Crippen LogP) is 1.09. The molecule has 1 rings (SSSR count). The number of nitrogens with one attached hydrogen (secondary N) is 1. The van der Waals surface area contributed by atoms with Gasteiger partial charge in [-0.05, 0) is 12.1 Å². The lowest BCUT2D eigenvalue weighted by Crippen LogP contribution is -2.26. The van der Waals surface area contributed by atoms with E-state index < -0.39 is 0 Å². The number of amides is 1. The van der Waals surface area contributed by atoms with Crippen LogP contribution in [0.1, 0.15) is 12.5 Å². The summed E-state index contributed by atoms with van der Waals surface area (Å²) in [7, 11) is 0. The van der Waals surface area contributed by atoms with E-state index in [1.54, 1.807) is 25.1 Å². The molecule has 0 aliphatic carbocycles. The van der Waals surface area contributed by atoms with Gasteiger partial charge >= 0.3 is 0 Å². The highest BCUT2D eigenvalue weighted by molar-refractivity contribution is 5.77. The normalized spacial score (nSPS) is 11.5. The van der Waals surface area contributed by atoms with Crippen LogP contribution in [0.5, 0.6) is 0 Å². The predicted molar refractivity (Wildman–Crippen MR) is 58.0 cm³/mol. The molecular formula is C11H13N3O. The third-order valence-corrected chi connectivity index (χ3v) is 2.13. The minimum atomic E-state index is -0.350. The Kier molecular flexibility index (Phi) is 3.69. The second-order valence-corrected chi connectivity index (χ2v) is 3.34. The topological polar surface area (TPSA) is 78.9 Å². The Hall–Kier alpha value is -2.02. The SMILES string of the molecule is CC(CNc1ccccc1C#N)C(N)=O. The standard InChI is InChI=1S/C11H13N3O/c1-8(11(13)15)7-14-10-5-3-2-4-9(10)6-12/h2-5,8,14H,7H2,1H3,(H2,13,15). The van der Waals surface area contributed by atoms with E-state index in [2.05, 4.69) is 11.4 Å². The van der Waals surface area contributed by atoms with Crippen LogP contribution in [0, 0.1) is 17.2 Å². The Labute approximate surface area is 88.7 Å². The molecule has 0 radical (unpaired) electrons. The third-order valence-electron chi connectivity index (χ3n) is 2.13. The van der Waals surface area contributed by atoms with Crippen LogP contribution in [0.3, 0.4) is 0 Å². The number of para-hydroxylation sites is 1. The average molecular weight is 203 g/mol. The number of carbonyl (C=O) groups excluding carboxylic acids is 1. The number of rotatable bonds is 4. The number of primary amides is 1. The van der Waals surface area contributed by atoms with E-state index in [0.29, 0.717) is 12.1 Å². The lowest BCUT2D eigenvalue weighted by atomic mass is 10.1. The van der Waals surface area contributed by atoms with E-state index in [-0.39, 0.29) is 11.8 Å². The molecule has 3 N–H and O–H groups in total. The van der Waals surface area contributed by atoms with Crippen molar-refractivity contribution < 1.29 is 4.79 Å². The van der Waals surface area contributed by atoms with Crippen LogP contribution in [-0.4, -0.2) is 12.5 Å². The first-order valence-electron chi connectivity index (χ1n) is 4.67. The fourth-order valence-corrected chi connectivity index (χ4v) is 1.10. The number of hydrogen-bond donors (Lipinski definition) is 2. The summed E-state index contributed by atoms with van der Waals surface area (Å²) in [5, 5.41) is 11.8. The lowest BCUT2D eigenvalue weighted by molar-refractivity contribution is -0.120. The molecule has 0 saturated heterocycles. The van der Waals surface area contributed by atoms with Crippen LogP contribution in [0.25, 0.3) is 0 Å². The van der Waals surface area contributed by atoms with Crippen molar-refractivity contribution in [3.8, 4) is 6.07 Å². The van der Waals surface area contributed by atoms with Crippen molar-refractivity contribution in [2.45, 2.75) is 6.92 Å². The summed E-state index contributed by atoms with van der Waals surface area (Å²) < 4.78 is 0. The van der Waals surface area contributed by atoms with Gasteiger partial charge in [-0.15, -0.1) is 0 Å². The molecule has 4 heteroatoms. The minimum Gasteiger partial charge on any atom is -0.383 e. The third kappa shape index (κ3) is 2.99. The van der Waals surface area contributed by atoms with Crippen LogP contribution in [-0.2, 0) is 4.79 Å². The number of nitriles is 1. The highest BCUT2D eigenvalue weighted by Crippen LogP contribution is 2.13. The molecule has 1 aromatic carbocycles. The van der Waals surface area contributed by atoms with Crippen molar-refractivity contribution in [3.63, 3.8) is 0 Å². The van der Waals surface area contributed by atoms with Crippen molar-refractivity contribution in [2.75, 3.05) is 11.9 Å². The average Bonchev–Trinajstić information content (AvgIpc) is 2.26. The molecule has 0 aliphatic heterocycles. The summed E-state index contributed by atoms with van der Waals surface area (Å²) in [4.78, 5) is 10.8. The number of hydrogen-bond acceptors (Lipinski definition) is 3. The fraction of sp³-hybridized carbons (Fsp3) is 0.273. The number of carbonyl (C=O) groups is 1. The van der Waals surface area contributed by atoms with Crippen molar-refractivity contribution >= 4 is 11.6 Å². The van der Waals surface area contributed by atoms with Crippen LogP contribution < -0.4 is 11.1 Å². The van der Waals surface area contributed by atoms with Gasteiger partial charge < -0.3 is 11.1 Å². The highest BCUT2D eigenvalue weighted by Gasteiger charge is 2.08. The monoisotopic (exact) mass is 203 g/mol. The van der Waals surface area contributed by atoms with E-state index in [1.807, 2.05) is 6.07 Å². The Bertz CT molecular complexity index is 395. The molecule has 0 aromatic heterocycles. The van der Waals surface area contributed by atoms with Gasteiger partial charge in [-0.1, -0.05) is 19.1 Å². The number of nitrogens with zero attached hydrogens (tertiary/aromatic N) is 1. The molecule has 4 nitrogen and oxygen atoms in total. The Morgan fingerprint density at radius 2 is 2.27 bits per heavy atom. The van der Waals surface area contributed by atoms with E-state index in [1.165, 1.54) is 0 Å². The Balaban J connectivity index is 2.66. The fourth-order valence-electron chi connectivity index (χ4n) is 1.10. The number of anilines is 1. The number of benzene rings is 1. The molecule has 0 bridgehead atoms.